The maximum absolute atomic E-state index is 12.2. The highest BCUT2D eigenvalue weighted by molar-refractivity contribution is 7.90. The fraction of sp³-hybridized carbons (Fsp3) is 0.462. The van der Waals surface area contributed by atoms with Gasteiger partial charge in [-0.2, -0.15) is 0 Å². The number of fused-ring (bicyclic) bond motifs is 1. The van der Waals surface area contributed by atoms with Crippen LogP contribution >= 0.6 is 0 Å². The molecule has 0 atom stereocenters. The Morgan fingerprint density at radius 1 is 1.41 bits per heavy atom. The van der Waals surface area contributed by atoms with E-state index in [1.54, 1.807) is 18.1 Å². The predicted octanol–water partition coefficient (Wildman–Crippen LogP) is -0.193. The molecule has 0 aliphatic carbocycles. The maximum Gasteiger partial charge on any atom is 0.303 e. The van der Waals surface area contributed by atoms with Gasteiger partial charge in [0.25, 0.3) is 15.9 Å². The monoisotopic (exact) mass is 327 g/mol. The molecule has 0 radical (unpaired) electrons. The first kappa shape index (κ1) is 16.2. The number of likely N-dealkylation sites (N-methyl/N-ethyl adjacent to an activating group) is 1. The smallest absolute Gasteiger partial charge is 0.303 e. The Balaban J connectivity index is 2.02. The van der Waals surface area contributed by atoms with Crippen molar-refractivity contribution in [3.05, 3.63) is 23.9 Å². The number of carboxylic acids is 1. The molecule has 0 aromatic rings. The third-order valence-corrected chi connectivity index (χ3v) is 4.47. The highest BCUT2D eigenvalue weighted by Gasteiger charge is 2.25. The van der Waals surface area contributed by atoms with Crippen LogP contribution in [0, 0.1) is 0 Å². The molecule has 2 rings (SSSR count). The molecule has 0 saturated carbocycles. The molecule has 1 N–H and O–H groups in total. The minimum Gasteiger partial charge on any atom is -0.481 e. The molecule has 0 aromatic carbocycles. The number of aliphatic carboxylic acids is 1. The molecular formula is C13H17N3O5S. The number of amidine groups is 1. The van der Waals surface area contributed by atoms with Gasteiger partial charge in [-0.1, -0.05) is 0 Å². The number of carbonyl (C=O) groups is 2. The van der Waals surface area contributed by atoms with Gasteiger partial charge in [-0.3, -0.25) is 9.59 Å². The van der Waals surface area contributed by atoms with Crippen molar-refractivity contribution in [3.63, 3.8) is 0 Å². The van der Waals surface area contributed by atoms with Crippen LogP contribution in [0.1, 0.15) is 12.8 Å². The molecular weight excluding hydrogens is 310 g/mol. The van der Waals surface area contributed by atoms with E-state index in [9.17, 15) is 18.0 Å². The fourth-order valence-electron chi connectivity index (χ4n) is 2.12. The summed E-state index contributed by atoms with van der Waals surface area (Å²) in [5.41, 5.74) is 0.413. The van der Waals surface area contributed by atoms with Crippen LogP contribution in [0.25, 0.3) is 0 Å². The highest BCUT2D eigenvalue weighted by Crippen LogP contribution is 2.17. The van der Waals surface area contributed by atoms with Crippen LogP contribution in [0.2, 0.25) is 0 Å². The van der Waals surface area contributed by atoms with E-state index in [1.807, 2.05) is 0 Å². The summed E-state index contributed by atoms with van der Waals surface area (Å²) in [6, 6.07) is 0. The average molecular weight is 327 g/mol. The van der Waals surface area contributed by atoms with E-state index in [-0.39, 0.29) is 24.6 Å². The minimum atomic E-state index is -3.41. The molecule has 120 valence electrons. The molecule has 0 aromatic heterocycles. The zero-order chi connectivity index (χ0) is 16.3. The summed E-state index contributed by atoms with van der Waals surface area (Å²) in [4.78, 5) is 25.8. The van der Waals surface area contributed by atoms with Gasteiger partial charge in [0.05, 0.1) is 11.3 Å². The van der Waals surface area contributed by atoms with Gasteiger partial charge in [0, 0.05) is 32.8 Å². The first-order valence-corrected chi connectivity index (χ1v) is 8.36. The van der Waals surface area contributed by atoms with E-state index in [4.69, 9.17) is 5.11 Å². The van der Waals surface area contributed by atoms with E-state index in [0.717, 1.165) is 0 Å². The zero-order valence-electron chi connectivity index (χ0n) is 12.1. The fourth-order valence-corrected chi connectivity index (χ4v) is 3.09. The highest BCUT2D eigenvalue weighted by atomic mass is 32.2. The van der Waals surface area contributed by atoms with Crippen molar-refractivity contribution in [2.24, 2.45) is 4.40 Å². The van der Waals surface area contributed by atoms with Gasteiger partial charge in [0.1, 0.15) is 5.84 Å². The number of rotatable bonds is 5. The lowest BCUT2D eigenvalue weighted by Crippen LogP contribution is -2.38. The minimum absolute atomic E-state index is 0.00724. The predicted molar refractivity (Wildman–Crippen MR) is 79.7 cm³/mol. The van der Waals surface area contributed by atoms with E-state index >= 15 is 0 Å². The summed E-state index contributed by atoms with van der Waals surface area (Å²) < 4.78 is 26.5. The van der Waals surface area contributed by atoms with Crippen molar-refractivity contribution in [1.82, 2.24) is 9.80 Å². The number of carbonyl (C=O) groups excluding carboxylic acids is 1. The van der Waals surface area contributed by atoms with E-state index in [2.05, 4.69) is 4.40 Å². The lowest BCUT2D eigenvalue weighted by molar-refractivity contribution is -0.137. The van der Waals surface area contributed by atoms with Crippen LogP contribution in [0.4, 0.5) is 0 Å². The topological polar surface area (TPSA) is 107 Å². The Morgan fingerprint density at radius 3 is 2.82 bits per heavy atom. The maximum atomic E-state index is 12.2. The molecule has 8 nitrogen and oxygen atoms in total. The van der Waals surface area contributed by atoms with Gasteiger partial charge in [-0.05, 0) is 18.6 Å². The number of nitrogens with zero attached hydrogens (tertiary/aromatic N) is 3. The SMILES string of the molecule is CN(CCCC(=O)O)C(=O)C1=CN2CCS(=O)(=O)N=C2C=C1. The quantitative estimate of drug-likeness (QED) is 0.750. The molecule has 2 aliphatic heterocycles. The lowest BCUT2D eigenvalue weighted by Gasteiger charge is -2.28. The Labute approximate surface area is 128 Å². The summed E-state index contributed by atoms with van der Waals surface area (Å²) in [6.45, 7) is 0.594. The summed E-state index contributed by atoms with van der Waals surface area (Å²) in [5, 5.41) is 8.59. The van der Waals surface area contributed by atoms with Crippen molar-refractivity contribution < 1.29 is 23.1 Å². The number of hydrogen-bond acceptors (Lipinski definition) is 5. The molecule has 2 aliphatic rings. The van der Waals surface area contributed by atoms with Crippen LogP contribution in [0.5, 0.6) is 0 Å². The van der Waals surface area contributed by atoms with Crippen LogP contribution in [-0.4, -0.2) is 66.9 Å². The number of sulfonamides is 1. The largest absolute Gasteiger partial charge is 0.481 e. The van der Waals surface area contributed by atoms with Gasteiger partial charge in [-0.25, -0.2) is 8.42 Å². The first-order valence-electron chi connectivity index (χ1n) is 6.75. The molecule has 0 bridgehead atoms. The number of carboxylic acid groups (broad SMARTS) is 1. The van der Waals surface area contributed by atoms with Gasteiger partial charge >= 0.3 is 5.97 Å². The molecule has 22 heavy (non-hydrogen) atoms. The first-order chi connectivity index (χ1) is 10.3. The normalized spacial score (nSPS) is 19.0. The molecule has 0 unspecified atom stereocenters. The molecule has 0 saturated heterocycles. The van der Waals surface area contributed by atoms with E-state index in [0.29, 0.717) is 24.4 Å². The van der Waals surface area contributed by atoms with Crippen molar-refractivity contribution in [1.29, 1.82) is 0 Å². The Hall–Kier alpha value is -2.16. The molecule has 2 heterocycles. The lowest BCUT2D eigenvalue weighted by atomic mass is 10.1. The molecule has 9 heteroatoms. The number of amides is 1. The second kappa shape index (κ2) is 6.30. The van der Waals surface area contributed by atoms with Gasteiger partial charge in [0.2, 0.25) is 0 Å². The van der Waals surface area contributed by atoms with E-state index in [1.165, 1.54) is 17.1 Å². The van der Waals surface area contributed by atoms with Crippen LogP contribution < -0.4 is 0 Å². The van der Waals surface area contributed by atoms with Crippen molar-refractivity contribution >= 4 is 27.7 Å². The summed E-state index contributed by atoms with van der Waals surface area (Å²) in [6.07, 6.45) is 4.97. The molecule has 0 fully saturated rings. The third kappa shape index (κ3) is 3.94. The average Bonchev–Trinajstić information content (AvgIpc) is 2.44. The van der Waals surface area contributed by atoms with E-state index < -0.39 is 16.0 Å². The van der Waals surface area contributed by atoms with Crippen molar-refractivity contribution in [2.45, 2.75) is 12.8 Å². The van der Waals surface area contributed by atoms with Gasteiger partial charge in [-0.15, -0.1) is 4.40 Å². The second-order valence-electron chi connectivity index (χ2n) is 5.07. The zero-order valence-corrected chi connectivity index (χ0v) is 12.9. The van der Waals surface area contributed by atoms with Crippen LogP contribution in [0.3, 0.4) is 0 Å². The Morgan fingerprint density at radius 2 is 2.14 bits per heavy atom. The number of hydrogen-bond donors (Lipinski definition) is 1. The second-order valence-corrected chi connectivity index (χ2v) is 6.83. The summed E-state index contributed by atoms with van der Waals surface area (Å²) in [5.74, 6) is -0.921. The standard InChI is InChI=1S/C13H17N3O5S/c1-15(6-2-3-12(17)18)13(19)10-4-5-11-14-22(20,21)8-7-16(11)9-10/h4-5,9H,2-3,6-8H2,1H3,(H,17,18). The summed E-state index contributed by atoms with van der Waals surface area (Å²) in [7, 11) is -1.81. The summed E-state index contributed by atoms with van der Waals surface area (Å²) >= 11 is 0. The Bertz CT molecular complexity index is 678. The van der Waals surface area contributed by atoms with Crippen LogP contribution in [0.15, 0.2) is 28.3 Å². The Kier molecular flexibility index (Phi) is 4.65. The van der Waals surface area contributed by atoms with Crippen molar-refractivity contribution in [3.8, 4) is 0 Å². The van der Waals surface area contributed by atoms with Gasteiger partial charge < -0.3 is 14.9 Å². The molecule has 0 spiro atoms. The van der Waals surface area contributed by atoms with Crippen LogP contribution in [-0.2, 0) is 19.6 Å². The molecule has 1 amide bonds. The van der Waals surface area contributed by atoms with Crippen molar-refractivity contribution in [2.75, 3.05) is 25.9 Å². The van der Waals surface area contributed by atoms with Gasteiger partial charge in [0.15, 0.2) is 0 Å². The third-order valence-electron chi connectivity index (χ3n) is 3.30.